The third-order valence-electron chi connectivity index (χ3n) is 1.66. The Morgan fingerprint density at radius 1 is 1.08 bits per heavy atom. The van der Waals surface area contributed by atoms with Gasteiger partial charge in [-0.05, 0) is 25.0 Å². The van der Waals surface area contributed by atoms with E-state index in [0.717, 1.165) is 6.07 Å². The molecule has 0 amide bonds. The van der Waals surface area contributed by atoms with Crippen LogP contribution >= 0.6 is 0 Å². The van der Waals surface area contributed by atoms with Gasteiger partial charge < -0.3 is 0 Å². The van der Waals surface area contributed by atoms with Crippen LogP contribution in [0.5, 0.6) is 0 Å². The van der Waals surface area contributed by atoms with Crippen LogP contribution in [-0.4, -0.2) is 0 Å². The van der Waals surface area contributed by atoms with Gasteiger partial charge in [-0.1, -0.05) is 12.2 Å². The molecule has 1 aromatic rings. The average molecular weight is 186 g/mol. The summed E-state index contributed by atoms with van der Waals surface area (Å²) in [4.78, 5) is 0. The quantitative estimate of drug-likeness (QED) is 0.491. The Morgan fingerprint density at radius 2 is 1.69 bits per heavy atom. The maximum atomic E-state index is 12.9. The van der Waals surface area contributed by atoms with Crippen molar-refractivity contribution in [3.05, 3.63) is 47.3 Å². The van der Waals surface area contributed by atoms with Crippen LogP contribution in [0.1, 0.15) is 12.5 Å². The van der Waals surface area contributed by atoms with Crippen molar-refractivity contribution < 1.29 is 13.2 Å². The zero-order chi connectivity index (χ0) is 9.84. The van der Waals surface area contributed by atoms with Crippen molar-refractivity contribution in [2.45, 2.75) is 13.3 Å². The van der Waals surface area contributed by atoms with Crippen molar-refractivity contribution in [3.63, 3.8) is 0 Å². The molecule has 0 aliphatic heterocycles. The van der Waals surface area contributed by atoms with Crippen molar-refractivity contribution in [2.24, 2.45) is 0 Å². The minimum atomic E-state index is -1.15. The lowest BCUT2D eigenvalue weighted by Gasteiger charge is -2.00. The van der Waals surface area contributed by atoms with Crippen LogP contribution in [-0.2, 0) is 6.42 Å². The molecule has 0 saturated carbocycles. The summed E-state index contributed by atoms with van der Waals surface area (Å²) in [6.45, 7) is 1.78. The summed E-state index contributed by atoms with van der Waals surface area (Å²) in [7, 11) is 0. The Hall–Kier alpha value is -1.25. The highest BCUT2D eigenvalue weighted by Gasteiger charge is 2.07. The van der Waals surface area contributed by atoms with Gasteiger partial charge in [-0.3, -0.25) is 0 Å². The summed E-state index contributed by atoms with van der Waals surface area (Å²) in [5.41, 5.74) is 0.164. The minimum Gasteiger partial charge on any atom is -0.207 e. The Bertz CT molecular complexity index is 329. The van der Waals surface area contributed by atoms with Gasteiger partial charge in [0.15, 0.2) is 11.6 Å². The molecule has 0 heterocycles. The maximum absolute atomic E-state index is 12.9. The highest BCUT2D eigenvalue weighted by Crippen LogP contribution is 2.14. The molecule has 1 rings (SSSR count). The molecule has 0 N–H and O–H groups in total. The van der Waals surface area contributed by atoms with E-state index in [9.17, 15) is 13.2 Å². The van der Waals surface area contributed by atoms with E-state index in [-0.39, 0.29) is 12.0 Å². The van der Waals surface area contributed by atoms with Crippen molar-refractivity contribution in [3.8, 4) is 0 Å². The summed E-state index contributed by atoms with van der Waals surface area (Å²) < 4.78 is 38.0. The highest BCUT2D eigenvalue weighted by atomic mass is 19.2. The van der Waals surface area contributed by atoms with E-state index in [2.05, 4.69) is 0 Å². The molecule has 0 spiro atoms. The first-order valence-electron chi connectivity index (χ1n) is 3.89. The molecule has 3 heteroatoms. The van der Waals surface area contributed by atoms with E-state index in [1.54, 1.807) is 19.1 Å². The summed E-state index contributed by atoms with van der Waals surface area (Å²) in [6, 6.07) is 1.44. The van der Waals surface area contributed by atoms with Gasteiger partial charge in [-0.15, -0.1) is 0 Å². The zero-order valence-corrected chi connectivity index (χ0v) is 7.15. The molecule has 13 heavy (non-hydrogen) atoms. The topological polar surface area (TPSA) is 0 Å². The van der Waals surface area contributed by atoms with Gasteiger partial charge in [0.25, 0.3) is 0 Å². The van der Waals surface area contributed by atoms with Crippen molar-refractivity contribution >= 4 is 0 Å². The summed E-state index contributed by atoms with van der Waals surface area (Å²) >= 11 is 0. The molecular weight excluding hydrogens is 177 g/mol. The van der Waals surface area contributed by atoms with Gasteiger partial charge >= 0.3 is 0 Å². The third kappa shape index (κ3) is 2.34. The molecule has 0 fully saturated rings. The van der Waals surface area contributed by atoms with E-state index in [4.69, 9.17) is 0 Å². The molecule has 0 aliphatic carbocycles. The smallest absolute Gasteiger partial charge is 0.161 e. The van der Waals surface area contributed by atoms with Crippen LogP contribution in [0.25, 0.3) is 0 Å². The molecule has 0 unspecified atom stereocenters. The second-order valence-electron chi connectivity index (χ2n) is 2.63. The van der Waals surface area contributed by atoms with Crippen molar-refractivity contribution in [1.29, 1.82) is 0 Å². The number of rotatable bonds is 2. The SMILES string of the molecule is CC=CCc1cc(F)c(F)cc1F. The van der Waals surface area contributed by atoms with Crippen LogP contribution in [0.2, 0.25) is 0 Å². The Labute approximate surface area is 74.7 Å². The lowest BCUT2D eigenvalue weighted by atomic mass is 10.1. The molecule has 1 aromatic carbocycles. The zero-order valence-electron chi connectivity index (χ0n) is 7.15. The lowest BCUT2D eigenvalue weighted by Crippen LogP contribution is -1.93. The largest absolute Gasteiger partial charge is 0.207 e. The first kappa shape index (κ1) is 9.84. The highest BCUT2D eigenvalue weighted by molar-refractivity contribution is 5.22. The Kier molecular flexibility index (Phi) is 3.12. The Morgan fingerprint density at radius 3 is 2.31 bits per heavy atom. The standard InChI is InChI=1S/C10H9F3/c1-2-3-4-7-5-9(12)10(13)6-8(7)11/h2-3,5-6H,4H2,1H3. The fraction of sp³-hybridized carbons (Fsp3) is 0.200. The van der Waals surface area contributed by atoms with Crippen LogP contribution in [0.15, 0.2) is 24.3 Å². The van der Waals surface area contributed by atoms with E-state index >= 15 is 0 Å². The molecule has 0 atom stereocenters. The molecular formula is C10H9F3. The monoisotopic (exact) mass is 186 g/mol. The third-order valence-corrected chi connectivity index (χ3v) is 1.66. The van der Waals surface area contributed by atoms with Gasteiger partial charge in [-0.2, -0.15) is 0 Å². The summed E-state index contributed by atoms with van der Waals surface area (Å²) in [5.74, 6) is -2.88. The van der Waals surface area contributed by atoms with Gasteiger partial charge in [0.2, 0.25) is 0 Å². The lowest BCUT2D eigenvalue weighted by molar-refractivity contribution is 0.491. The van der Waals surface area contributed by atoms with Crippen molar-refractivity contribution in [1.82, 2.24) is 0 Å². The number of hydrogen-bond acceptors (Lipinski definition) is 0. The van der Waals surface area contributed by atoms with Crippen LogP contribution in [0.3, 0.4) is 0 Å². The van der Waals surface area contributed by atoms with E-state index < -0.39 is 17.5 Å². The molecule has 0 nitrogen and oxygen atoms in total. The van der Waals surface area contributed by atoms with Gasteiger partial charge in [0.05, 0.1) is 0 Å². The fourth-order valence-electron chi connectivity index (χ4n) is 0.965. The van der Waals surface area contributed by atoms with E-state index in [1.165, 1.54) is 0 Å². The van der Waals surface area contributed by atoms with E-state index in [0.29, 0.717) is 6.07 Å². The second-order valence-corrected chi connectivity index (χ2v) is 2.63. The fourth-order valence-corrected chi connectivity index (χ4v) is 0.965. The van der Waals surface area contributed by atoms with Crippen molar-refractivity contribution in [2.75, 3.05) is 0 Å². The van der Waals surface area contributed by atoms with Crippen LogP contribution in [0, 0.1) is 17.5 Å². The average Bonchev–Trinajstić information content (AvgIpc) is 2.09. The minimum absolute atomic E-state index is 0.164. The number of hydrogen-bond donors (Lipinski definition) is 0. The first-order valence-corrected chi connectivity index (χ1v) is 3.89. The second kappa shape index (κ2) is 4.12. The number of allylic oxidation sites excluding steroid dienone is 2. The first-order chi connectivity index (χ1) is 6.15. The molecule has 0 radical (unpaired) electrons. The van der Waals surface area contributed by atoms with E-state index in [1.807, 2.05) is 0 Å². The number of halogens is 3. The summed E-state index contributed by atoms with van der Waals surface area (Å²) in [5, 5.41) is 0. The predicted octanol–water partition coefficient (Wildman–Crippen LogP) is 3.22. The van der Waals surface area contributed by atoms with Crippen LogP contribution < -0.4 is 0 Å². The molecule has 0 aliphatic rings. The normalized spacial score (nSPS) is 11.1. The molecule has 70 valence electrons. The van der Waals surface area contributed by atoms with Gasteiger partial charge in [-0.25, -0.2) is 13.2 Å². The maximum Gasteiger partial charge on any atom is 0.161 e. The summed E-state index contributed by atoms with van der Waals surface area (Å²) in [6.07, 6.45) is 3.68. The predicted molar refractivity (Wildman–Crippen MR) is 44.8 cm³/mol. The molecule has 0 aromatic heterocycles. The number of benzene rings is 1. The molecule has 0 saturated heterocycles. The Balaban J connectivity index is 3.01. The van der Waals surface area contributed by atoms with Gasteiger partial charge in [0.1, 0.15) is 5.82 Å². The molecule has 0 bridgehead atoms. The van der Waals surface area contributed by atoms with Crippen LogP contribution in [0.4, 0.5) is 13.2 Å². The van der Waals surface area contributed by atoms with Gasteiger partial charge in [0, 0.05) is 6.07 Å².